The number of methoxy groups -OCH3 is 2. The van der Waals surface area contributed by atoms with Gasteiger partial charge in [-0.3, -0.25) is 0 Å². The third kappa shape index (κ3) is 12.4. The van der Waals surface area contributed by atoms with Crippen LogP contribution in [0.3, 0.4) is 0 Å². The van der Waals surface area contributed by atoms with E-state index < -0.39 is 15.8 Å². The maximum absolute atomic E-state index is 5.25. The van der Waals surface area contributed by atoms with Crippen molar-refractivity contribution in [3.05, 3.63) is 231 Å². The van der Waals surface area contributed by atoms with Gasteiger partial charge in [0.15, 0.2) is 0 Å². The van der Waals surface area contributed by atoms with Crippen LogP contribution < -0.4 is 41.3 Å². The Morgan fingerprint density at radius 3 is 0.875 bits per heavy atom. The molecule has 8 rings (SSSR count). The molecule has 0 aromatic heterocycles. The van der Waals surface area contributed by atoms with Crippen molar-refractivity contribution in [2.24, 2.45) is 0 Å². The maximum atomic E-state index is 5.25. The molecule has 0 unspecified atom stereocenters. The molecule has 0 bridgehead atoms. The summed E-state index contributed by atoms with van der Waals surface area (Å²) in [7, 11) is 1.50. The van der Waals surface area contributed by atoms with Crippen molar-refractivity contribution in [2.45, 2.75) is 0 Å². The minimum Gasteiger partial charge on any atom is -0.0620 e. The topological polar surface area (TPSA) is 18.5 Å². The number of hydrogen-bond acceptors (Lipinski definition) is 2. The predicted molar refractivity (Wildman–Crippen MR) is 246 cm³/mol. The van der Waals surface area contributed by atoms with Crippen molar-refractivity contribution in [1.29, 1.82) is 0 Å². The molecule has 0 atom stereocenters. The zero-order chi connectivity index (χ0) is 39.2. The first-order chi connectivity index (χ1) is 27.7. The molecule has 0 N–H and O–H groups in total. The van der Waals surface area contributed by atoms with Crippen LogP contribution in [0.4, 0.5) is 0 Å². The van der Waals surface area contributed by atoms with Crippen LogP contribution in [0, 0.1) is 6.07 Å². The molecule has 2 nitrogen and oxygen atoms in total. The van der Waals surface area contributed by atoms with Gasteiger partial charge in [-0.15, -0.1) is 17.7 Å². The average Bonchev–Trinajstić information content (AvgIpc) is 3.30. The van der Waals surface area contributed by atoms with Gasteiger partial charge in [-0.2, -0.15) is 0 Å². The summed E-state index contributed by atoms with van der Waals surface area (Å²) in [6.45, 7) is 0. The van der Waals surface area contributed by atoms with Gasteiger partial charge in [-0.25, -0.2) is 0 Å². The Morgan fingerprint density at radius 2 is 0.625 bits per heavy atom. The van der Waals surface area contributed by atoms with E-state index in [0.717, 1.165) is 16.9 Å². The molecule has 8 aromatic rings. The summed E-state index contributed by atoms with van der Waals surface area (Å²) >= 11 is 5.35. The molecule has 0 saturated heterocycles. The van der Waals surface area contributed by atoms with Crippen molar-refractivity contribution in [3.8, 4) is 22.6 Å². The number of ether oxygens (including phenoxy) is 2. The fraction of sp³-hybridized carbons (Fsp3) is 0.0400. The predicted octanol–water partition coefficient (Wildman–Crippen LogP) is 10.4. The van der Waals surface area contributed by atoms with E-state index in [2.05, 4.69) is 219 Å². The van der Waals surface area contributed by atoms with Gasteiger partial charge in [0, 0.05) is 0 Å². The van der Waals surface area contributed by atoms with Crippen LogP contribution in [-0.2, 0) is 17.2 Å². The zero-order valence-corrected chi connectivity index (χ0v) is 36.5. The van der Waals surface area contributed by atoms with E-state index in [1.165, 1.54) is 31.8 Å². The molecule has 6 heteroatoms. The fourth-order valence-electron chi connectivity index (χ4n) is 6.19. The van der Waals surface area contributed by atoms with Crippen LogP contribution in [0.25, 0.3) is 11.1 Å². The maximum Gasteiger partial charge on any atom is 0.102 e. The number of rotatable bonds is 9. The summed E-state index contributed by atoms with van der Waals surface area (Å²) in [6.07, 6.45) is 0. The zero-order valence-electron chi connectivity index (χ0n) is 31.4. The Morgan fingerprint density at radius 1 is 0.375 bits per heavy atom. The quantitative estimate of drug-likeness (QED) is 0.0816. The molecular formula is C50H45BrO2P2Pd+2. The third-order valence-electron chi connectivity index (χ3n) is 8.78. The SMILES string of the molecule is COc1c[c-]c(-c2ccccc2)cc1OC.[Br][Pd+].c1ccc([PH+](c2ccccc2)c2ccccc2)cc1.c1ccc([PH+](c2ccccc2)c2ccccc2)cc1. The van der Waals surface area contributed by atoms with Gasteiger partial charge >= 0.3 is 30.6 Å². The van der Waals surface area contributed by atoms with Gasteiger partial charge < -0.3 is 9.47 Å². The van der Waals surface area contributed by atoms with Crippen molar-refractivity contribution in [2.75, 3.05) is 14.2 Å². The second-order valence-corrected chi connectivity index (χ2v) is 17.3. The van der Waals surface area contributed by atoms with Gasteiger partial charge in [-0.1, -0.05) is 151 Å². The third-order valence-corrected chi connectivity index (χ3v) is 14.2. The molecule has 282 valence electrons. The second-order valence-electron chi connectivity index (χ2n) is 12.3. The first-order valence-electron chi connectivity index (χ1n) is 18.1. The molecule has 0 aliphatic rings. The van der Waals surface area contributed by atoms with E-state index in [1.54, 1.807) is 20.3 Å². The van der Waals surface area contributed by atoms with Crippen molar-refractivity contribution < 1.29 is 26.7 Å². The summed E-state index contributed by atoms with van der Waals surface area (Å²) in [5, 5.41) is 8.61. The normalized spacial score (nSPS) is 10.1. The van der Waals surface area contributed by atoms with E-state index >= 15 is 0 Å². The largest absolute Gasteiger partial charge is 0.102 e. The van der Waals surface area contributed by atoms with Crippen molar-refractivity contribution >= 4 is 61.1 Å². The van der Waals surface area contributed by atoms with E-state index in [9.17, 15) is 0 Å². The summed E-state index contributed by atoms with van der Waals surface area (Å²) in [5.74, 6) is 1.42. The summed E-state index contributed by atoms with van der Waals surface area (Å²) < 4.78 is 10.4. The van der Waals surface area contributed by atoms with Crippen LogP contribution >= 0.6 is 29.3 Å². The molecule has 0 radical (unpaired) electrons. The first-order valence-corrected chi connectivity index (χ1v) is 24.7. The fourth-order valence-corrected chi connectivity index (χ4v) is 11.3. The van der Waals surface area contributed by atoms with Gasteiger partial charge in [0.05, 0.1) is 41.6 Å². The first kappa shape index (κ1) is 42.5. The summed E-state index contributed by atoms with van der Waals surface area (Å²) in [5.41, 5.74) is 2.11. The van der Waals surface area contributed by atoms with Crippen LogP contribution in [0.2, 0.25) is 0 Å². The Kier molecular flexibility index (Phi) is 18.3. The second kappa shape index (κ2) is 24.1. The van der Waals surface area contributed by atoms with Gasteiger partial charge in [0.25, 0.3) is 0 Å². The molecule has 0 amide bonds. The molecular weight excluding hydrogens is 881 g/mol. The van der Waals surface area contributed by atoms with Crippen LogP contribution in [0.5, 0.6) is 11.5 Å². The van der Waals surface area contributed by atoms with E-state index in [0.29, 0.717) is 5.75 Å². The van der Waals surface area contributed by atoms with Crippen molar-refractivity contribution in [1.82, 2.24) is 0 Å². The van der Waals surface area contributed by atoms with Gasteiger partial charge in [-0.05, 0) is 72.8 Å². The van der Waals surface area contributed by atoms with Crippen LogP contribution in [0.1, 0.15) is 0 Å². The average molecular weight is 926 g/mol. The molecule has 0 saturated carbocycles. The van der Waals surface area contributed by atoms with Crippen LogP contribution in [-0.4, -0.2) is 14.2 Å². The molecule has 0 fully saturated rings. The standard InChI is InChI=1S/2C18H15P.C14H13O2.BrH.Pd/c2*1-4-10-16(11-5-1)19(17-12-6-2-7-13-17)18-14-8-3-9-15-18;1-15-13-9-8-12(10-14(13)16-2)11-6-4-3-5-7-11;;/h2*1-15H;3-7,9-10H,1-2H3;1H;/q;;-1;;+2/p+1. The Labute approximate surface area is 352 Å². The van der Waals surface area contributed by atoms with Crippen molar-refractivity contribution in [3.63, 3.8) is 0 Å². The minimum atomic E-state index is -0.877. The number of benzene rings is 8. The Balaban J connectivity index is 0.000000158. The molecule has 0 heterocycles. The number of halogens is 1. The van der Waals surface area contributed by atoms with E-state index in [1.807, 2.05) is 36.4 Å². The molecule has 56 heavy (non-hydrogen) atoms. The molecule has 0 aliphatic heterocycles. The number of hydrogen-bond donors (Lipinski definition) is 0. The Hall–Kier alpha value is -4.64. The van der Waals surface area contributed by atoms with Crippen LogP contribution in [0.15, 0.2) is 224 Å². The Bertz CT molecular complexity index is 1930. The van der Waals surface area contributed by atoms with Gasteiger partial charge in [0.2, 0.25) is 0 Å². The van der Waals surface area contributed by atoms with Gasteiger partial charge in [0.1, 0.15) is 31.8 Å². The summed E-state index contributed by atoms with van der Waals surface area (Å²) in [6, 6.07) is 82.0. The van der Waals surface area contributed by atoms with E-state index in [-0.39, 0.29) is 0 Å². The molecule has 0 spiro atoms. The molecule has 0 aliphatic carbocycles. The van der Waals surface area contributed by atoms with E-state index in [4.69, 9.17) is 9.47 Å². The molecule has 8 aromatic carbocycles. The monoisotopic (exact) mass is 924 g/mol. The minimum absolute atomic E-state index is 0.696. The summed E-state index contributed by atoms with van der Waals surface area (Å²) in [4.78, 5) is 0. The smallest absolute Gasteiger partial charge is 0.0620 e.